The number of carbonyl (C=O) groups is 2. The van der Waals surface area contributed by atoms with Crippen molar-refractivity contribution < 1.29 is 28.9 Å². The van der Waals surface area contributed by atoms with E-state index >= 15 is 4.79 Å². The van der Waals surface area contributed by atoms with Gasteiger partial charge in [0.1, 0.15) is 11.5 Å². The normalized spacial score (nSPS) is 20.8. The predicted molar refractivity (Wildman–Crippen MR) is 206 cm³/mol. The second kappa shape index (κ2) is 14.6. The van der Waals surface area contributed by atoms with Crippen LogP contribution >= 0.6 is 0 Å². The Bertz CT molecular complexity index is 2090. The fourth-order valence-corrected chi connectivity index (χ4v) is 12.4. The molecule has 274 valence electrons. The van der Waals surface area contributed by atoms with Crippen LogP contribution in [0.3, 0.4) is 0 Å². The molecular weight excluding hydrogens is 687 g/mol. The van der Waals surface area contributed by atoms with Gasteiger partial charge >= 0.3 is 0 Å². The number of aromatic nitrogens is 3. The number of carbonyl (C=O) groups excluding carboxylic acids is 2. The van der Waals surface area contributed by atoms with Gasteiger partial charge in [-0.1, -0.05) is 60.7 Å². The number of aliphatic hydroxyl groups excluding tert-OH is 1. The van der Waals surface area contributed by atoms with Gasteiger partial charge in [0.25, 0.3) is 11.8 Å². The van der Waals surface area contributed by atoms with Gasteiger partial charge < -0.3 is 24.6 Å². The summed E-state index contributed by atoms with van der Waals surface area (Å²) in [5.41, 5.74) is 2.63. The number of para-hydroxylation sites is 1. The molecule has 12 heteroatoms. The molecule has 3 heterocycles. The van der Waals surface area contributed by atoms with Crippen molar-refractivity contribution in [3.63, 3.8) is 0 Å². The van der Waals surface area contributed by atoms with E-state index in [0.717, 1.165) is 28.4 Å². The number of hydrogen-bond acceptors (Lipinski definition) is 8. The van der Waals surface area contributed by atoms with Crippen molar-refractivity contribution in [2.75, 3.05) is 31.0 Å². The monoisotopic (exact) mass is 731 g/mol. The van der Waals surface area contributed by atoms with Gasteiger partial charge in [0.15, 0.2) is 5.60 Å². The molecule has 1 fully saturated rings. The van der Waals surface area contributed by atoms with E-state index in [1.165, 1.54) is 5.19 Å². The van der Waals surface area contributed by atoms with Crippen molar-refractivity contribution in [1.82, 2.24) is 15.0 Å². The minimum Gasteiger partial charge on any atom is -0.497 e. The van der Waals surface area contributed by atoms with E-state index in [1.807, 2.05) is 66.9 Å². The molecule has 2 aliphatic heterocycles. The van der Waals surface area contributed by atoms with Crippen molar-refractivity contribution in [2.45, 2.75) is 56.7 Å². The quantitative estimate of drug-likeness (QED) is 0.148. The summed E-state index contributed by atoms with van der Waals surface area (Å²) >= 11 is 0. The molecule has 7 rings (SSSR count). The molecule has 1 aromatic heterocycles. The van der Waals surface area contributed by atoms with E-state index in [-0.39, 0.29) is 36.0 Å². The van der Waals surface area contributed by atoms with Crippen molar-refractivity contribution >= 4 is 42.1 Å². The summed E-state index contributed by atoms with van der Waals surface area (Å²) < 4.78 is 19.9. The third-order valence-electron chi connectivity index (χ3n) is 11.0. The van der Waals surface area contributed by atoms with Crippen LogP contribution in [-0.2, 0) is 28.1 Å². The largest absolute Gasteiger partial charge is 0.497 e. The first-order valence-electron chi connectivity index (χ1n) is 17.9. The maximum absolute atomic E-state index is 15.2. The summed E-state index contributed by atoms with van der Waals surface area (Å²) in [6.07, 6.45) is 2.56. The van der Waals surface area contributed by atoms with Gasteiger partial charge in [-0.25, -0.2) is 0 Å². The molecular formula is C41H45N5O6Si. The Labute approximate surface area is 310 Å². The van der Waals surface area contributed by atoms with E-state index < -0.39 is 13.7 Å². The number of nitrogens with one attached hydrogen (secondary N) is 1. The Kier molecular flexibility index (Phi) is 9.94. The molecule has 1 spiro atoms. The molecule has 0 saturated carbocycles. The van der Waals surface area contributed by atoms with Crippen LogP contribution in [0.25, 0.3) is 0 Å². The second-order valence-electron chi connectivity index (χ2n) is 14.3. The first-order chi connectivity index (χ1) is 25.6. The minimum absolute atomic E-state index is 0.00129. The lowest BCUT2D eigenvalue weighted by Gasteiger charge is -2.37. The highest BCUT2D eigenvalue weighted by Crippen LogP contribution is 2.61. The van der Waals surface area contributed by atoms with E-state index in [2.05, 4.69) is 47.8 Å². The third-order valence-corrected chi connectivity index (χ3v) is 15.3. The number of ether oxygens (including phenoxy) is 3. The van der Waals surface area contributed by atoms with Gasteiger partial charge in [0, 0.05) is 54.2 Å². The molecule has 4 aromatic carbocycles. The fourth-order valence-electron chi connectivity index (χ4n) is 8.30. The van der Waals surface area contributed by atoms with Crippen LogP contribution in [-0.4, -0.2) is 66.9 Å². The van der Waals surface area contributed by atoms with Gasteiger partial charge in [0.2, 0.25) is 0 Å². The Hall–Kier alpha value is -5.30. The van der Waals surface area contributed by atoms with Crippen LogP contribution in [0.2, 0.25) is 18.6 Å². The lowest BCUT2D eigenvalue weighted by atomic mass is 9.82. The third kappa shape index (κ3) is 6.51. The number of anilines is 3. The number of fused-ring (bicyclic) bond motifs is 2. The second-order valence-corrected chi connectivity index (χ2v) is 19.0. The van der Waals surface area contributed by atoms with E-state index in [1.54, 1.807) is 48.1 Å². The standard InChI is InChI=1S/C41H45N5O6Si/c1-27-38(53(4,5)34-18-16-33(51-3)17-19-34)37(21-23-45-26-30(22-24-47)43-44-45)52-41(27)35-25-29(42-39(48)28-11-14-32(50-2)15-12-28)13-20-36(35)46(40(41)49)31-9-7-6-8-10-31/h6-20,25-27,37-38,47H,21-24H2,1-5H3,(H,42,48)/t27-,37+,38-,41+/m1/s1. The average molecular weight is 732 g/mol. The Morgan fingerprint density at radius 2 is 1.64 bits per heavy atom. The number of amides is 2. The minimum atomic E-state index is -2.40. The first kappa shape index (κ1) is 36.1. The number of aryl methyl sites for hydroxylation is 1. The van der Waals surface area contributed by atoms with Crippen LogP contribution in [0, 0.1) is 5.92 Å². The Morgan fingerprint density at radius 3 is 2.30 bits per heavy atom. The molecule has 11 nitrogen and oxygen atoms in total. The van der Waals surface area contributed by atoms with Crippen LogP contribution in [0.1, 0.15) is 35.0 Å². The lowest BCUT2D eigenvalue weighted by molar-refractivity contribution is -0.145. The zero-order chi connectivity index (χ0) is 37.3. The number of nitrogens with zero attached hydrogens (tertiary/aromatic N) is 4. The molecule has 1 saturated heterocycles. The smallest absolute Gasteiger partial charge is 0.268 e. The topological polar surface area (TPSA) is 128 Å². The molecule has 0 unspecified atom stereocenters. The zero-order valence-corrected chi connectivity index (χ0v) is 31.7. The van der Waals surface area contributed by atoms with Gasteiger partial charge in [-0.05, 0) is 78.7 Å². The van der Waals surface area contributed by atoms with E-state index in [9.17, 15) is 9.90 Å². The van der Waals surface area contributed by atoms with Gasteiger partial charge in [-0.3, -0.25) is 19.2 Å². The predicted octanol–water partition coefficient (Wildman–Crippen LogP) is 6.07. The maximum Gasteiger partial charge on any atom is 0.268 e. The van der Waals surface area contributed by atoms with E-state index in [0.29, 0.717) is 36.4 Å². The first-order valence-corrected chi connectivity index (χ1v) is 21.0. The van der Waals surface area contributed by atoms with Gasteiger partial charge in [-0.15, -0.1) is 5.10 Å². The number of rotatable bonds is 12. The molecule has 4 atom stereocenters. The summed E-state index contributed by atoms with van der Waals surface area (Å²) in [5.74, 6) is 0.776. The molecule has 0 bridgehead atoms. The molecule has 2 aliphatic rings. The van der Waals surface area contributed by atoms with Crippen molar-refractivity contribution in [3.8, 4) is 11.5 Å². The summed E-state index contributed by atoms with van der Waals surface area (Å²) in [5, 5.41) is 22.3. The van der Waals surface area contributed by atoms with Crippen molar-refractivity contribution in [1.29, 1.82) is 0 Å². The molecule has 2 N–H and O–H groups in total. The maximum atomic E-state index is 15.2. The van der Waals surface area contributed by atoms with Crippen LogP contribution in [0.4, 0.5) is 17.1 Å². The highest BCUT2D eigenvalue weighted by Gasteiger charge is 2.66. The van der Waals surface area contributed by atoms with Crippen LogP contribution in [0.5, 0.6) is 11.5 Å². The average Bonchev–Trinajstić information content (AvgIpc) is 3.83. The highest BCUT2D eigenvalue weighted by molar-refractivity contribution is 6.91. The Morgan fingerprint density at radius 1 is 0.962 bits per heavy atom. The highest BCUT2D eigenvalue weighted by atomic mass is 28.3. The fraction of sp³-hybridized carbons (Fsp3) is 0.317. The van der Waals surface area contributed by atoms with Crippen molar-refractivity contribution in [2.24, 2.45) is 5.92 Å². The van der Waals surface area contributed by atoms with Gasteiger partial charge in [0.05, 0.1) is 39.8 Å². The molecule has 0 radical (unpaired) electrons. The SMILES string of the molecule is COc1ccc(C(=O)Nc2ccc3c(c2)[C@]2(O[C@@H](CCn4cc(CCO)nn4)[C@H]([Si](C)(C)c4ccc(OC)cc4)[C@H]2C)C(=O)N3c2ccccc2)cc1. The van der Waals surface area contributed by atoms with Crippen molar-refractivity contribution in [3.05, 3.63) is 120 Å². The van der Waals surface area contributed by atoms with Crippen LogP contribution in [0.15, 0.2) is 103 Å². The van der Waals surface area contributed by atoms with Crippen LogP contribution < -0.4 is 24.9 Å². The summed E-state index contributed by atoms with van der Waals surface area (Å²) in [6.45, 7) is 7.37. The zero-order valence-electron chi connectivity index (χ0n) is 30.7. The molecule has 5 aromatic rings. The van der Waals surface area contributed by atoms with Gasteiger partial charge in [-0.2, -0.15) is 0 Å². The number of benzene rings is 4. The number of aliphatic hydroxyl groups is 1. The molecule has 53 heavy (non-hydrogen) atoms. The summed E-state index contributed by atoms with van der Waals surface area (Å²) in [4.78, 5) is 30.5. The molecule has 2 amide bonds. The number of methoxy groups -OCH3 is 2. The Balaban J connectivity index is 1.32. The number of hydrogen-bond donors (Lipinski definition) is 2. The lowest BCUT2D eigenvalue weighted by Crippen LogP contribution is -2.51. The summed E-state index contributed by atoms with van der Waals surface area (Å²) in [6, 6.07) is 30.5. The molecule has 0 aliphatic carbocycles. The summed E-state index contributed by atoms with van der Waals surface area (Å²) in [7, 11) is 0.846. The van der Waals surface area contributed by atoms with E-state index in [4.69, 9.17) is 14.2 Å².